The van der Waals surface area contributed by atoms with Gasteiger partial charge in [-0.05, 0) is 24.6 Å². The van der Waals surface area contributed by atoms with E-state index in [9.17, 15) is 8.42 Å². The zero-order valence-electron chi connectivity index (χ0n) is 7.57. The van der Waals surface area contributed by atoms with Crippen LogP contribution in [-0.2, 0) is 9.84 Å². The fourth-order valence-corrected chi connectivity index (χ4v) is 2.19. The maximum Gasteiger partial charge on any atom is 0.200 e. The molecule has 1 rings (SSSR count). The number of anilines is 1. The van der Waals surface area contributed by atoms with E-state index in [4.69, 9.17) is 17.3 Å². The molecular weight excluding hydrogens is 222 g/mol. The molecule has 1 aromatic carbocycles. The van der Waals surface area contributed by atoms with Gasteiger partial charge in [0.05, 0.1) is 4.90 Å². The first-order valence-corrected chi connectivity index (χ1v) is 5.83. The first-order valence-electron chi connectivity index (χ1n) is 3.85. The van der Waals surface area contributed by atoms with Crippen molar-refractivity contribution in [2.75, 3.05) is 5.73 Å². The van der Waals surface area contributed by atoms with Gasteiger partial charge in [0.15, 0.2) is 0 Å². The van der Waals surface area contributed by atoms with Crippen molar-refractivity contribution in [3.63, 3.8) is 0 Å². The largest absolute Gasteiger partial charge is 0.398 e. The lowest BCUT2D eigenvalue weighted by Gasteiger charge is -2.02. The van der Waals surface area contributed by atoms with Crippen LogP contribution in [-0.4, -0.2) is 8.42 Å². The second-order valence-electron chi connectivity index (χ2n) is 2.83. The molecule has 0 saturated heterocycles. The van der Waals surface area contributed by atoms with Gasteiger partial charge < -0.3 is 5.73 Å². The van der Waals surface area contributed by atoms with Gasteiger partial charge in [0.2, 0.25) is 9.84 Å². The third-order valence-corrected chi connectivity index (χ3v) is 3.49. The Morgan fingerprint density at radius 2 is 2.07 bits per heavy atom. The van der Waals surface area contributed by atoms with Crippen LogP contribution >= 0.6 is 11.6 Å². The van der Waals surface area contributed by atoms with Crippen molar-refractivity contribution < 1.29 is 8.42 Å². The Morgan fingerprint density at radius 3 is 2.57 bits per heavy atom. The zero-order chi connectivity index (χ0) is 10.8. The van der Waals surface area contributed by atoms with E-state index in [1.807, 2.05) is 6.92 Å². The van der Waals surface area contributed by atoms with Gasteiger partial charge >= 0.3 is 0 Å². The number of nitrogen functional groups attached to an aromatic ring is 1. The minimum Gasteiger partial charge on any atom is -0.398 e. The summed E-state index contributed by atoms with van der Waals surface area (Å²) < 4.78 is 22.9. The van der Waals surface area contributed by atoms with Crippen LogP contribution in [0.1, 0.15) is 5.56 Å². The maximum atomic E-state index is 11.5. The van der Waals surface area contributed by atoms with E-state index >= 15 is 0 Å². The Morgan fingerprint density at radius 1 is 1.43 bits per heavy atom. The van der Waals surface area contributed by atoms with Crippen LogP contribution in [0.25, 0.3) is 0 Å². The number of sulfone groups is 1. The number of nitrogens with two attached hydrogens (primary N) is 1. The minimum absolute atomic E-state index is 0.150. The molecule has 1 aromatic rings. The van der Waals surface area contributed by atoms with E-state index in [2.05, 4.69) is 0 Å². The summed E-state index contributed by atoms with van der Waals surface area (Å²) in [7, 11) is -3.44. The van der Waals surface area contributed by atoms with Crippen molar-refractivity contribution >= 4 is 27.1 Å². The summed E-state index contributed by atoms with van der Waals surface area (Å²) in [5, 5.41) is 0.929. The van der Waals surface area contributed by atoms with Gasteiger partial charge in [0.25, 0.3) is 0 Å². The Hall–Kier alpha value is -1.00. The molecule has 0 fully saturated rings. The first-order chi connectivity index (χ1) is 6.47. The predicted octanol–water partition coefficient (Wildman–Crippen LogP) is 2.06. The number of benzene rings is 1. The summed E-state index contributed by atoms with van der Waals surface area (Å²) in [5.74, 6) is 0. The number of hydrogen-bond acceptors (Lipinski definition) is 3. The summed E-state index contributed by atoms with van der Waals surface area (Å²) in [6.07, 6.45) is 0. The summed E-state index contributed by atoms with van der Waals surface area (Å²) in [6.45, 7) is 1.81. The van der Waals surface area contributed by atoms with Gasteiger partial charge in [0, 0.05) is 16.6 Å². The molecule has 0 bridgehead atoms. The molecule has 2 N–H and O–H groups in total. The molecule has 0 aliphatic carbocycles. The van der Waals surface area contributed by atoms with Crippen LogP contribution in [0.4, 0.5) is 5.69 Å². The van der Waals surface area contributed by atoms with Crippen molar-refractivity contribution in [2.24, 2.45) is 0 Å². The second-order valence-corrected chi connectivity index (χ2v) is 4.91. The average Bonchev–Trinajstić information content (AvgIpc) is 2.09. The number of halogens is 1. The number of rotatable bonds is 2. The van der Waals surface area contributed by atoms with Crippen molar-refractivity contribution in [2.45, 2.75) is 11.8 Å². The lowest BCUT2D eigenvalue weighted by atomic mass is 10.2. The summed E-state index contributed by atoms with van der Waals surface area (Å²) >= 11 is 5.22. The van der Waals surface area contributed by atoms with E-state index in [1.165, 1.54) is 12.1 Å². The third kappa shape index (κ3) is 2.27. The molecule has 3 nitrogen and oxygen atoms in total. The van der Waals surface area contributed by atoms with Crippen LogP contribution in [0.3, 0.4) is 0 Å². The maximum absolute atomic E-state index is 11.5. The Balaban J connectivity index is 3.28. The van der Waals surface area contributed by atoms with Gasteiger partial charge in [-0.25, -0.2) is 8.42 Å². The Labute approximate surface area is 88.1 Å². The summed E-state index contributed by atoms with van der Waals surface area (Å²) in [6, 6.07) is 4.57. The van der Waals surface area contributed by atoms with E-state index in [1.54, 1.807) is 6.07 Å². The fraction of sp³-hybridized carbons (Fsp3) is 0.111. The van der Waals surface area contributed by atoms with Crippen molar-refractivity contribution in [1.82, 2.24) is 0 Å². The van der Waals surface area contributed by atoms with E-state index in [0.29, 0.717) is 5.69 Å². The zero-order valence-corrected chi connectivity index (χ0v) is 9.14. The van der Waals surface area contributed by atoms with Gasteiger partial charge in [-0.15, -0.1) is 0 Å². The molecule has 0 aromatic heterocycles. The summed E-state index contributed by atoms with van der Waals surface area (Å²) in [4.78, 5) is 0.150. The van der Waals surface area contributed by atoms with Gasteiger partial charge in [-0.3, -0.25) is 0 Å². The van der Waals surface area contributed by atoms with E-state index in [0.717, 1.165) is 16.5 Å². The average molecular weight is 232 g/mol. The first kappa shape index (κ1) is 11.1. The molecule has 0 atom stereocenters. The summed E-state index contributed by atoms with van der Waals surface area (Å²) in [5.41, 5.74) is 7.85. The topological polar surface area (TPSA) is 60.2 Å². The minimum atomic E-state index is -3.44. The number of aryl methyl sites for hydroxylation is 1. The molecule has 5 heteroatoms. The second kappa shape index (κ2) is 4.02. The van der Waals surface area contributed by atoms with Gasteiger partial charge in [-0.1, -0.05) is 17.7 Å². The molecule has 0 radical (unpaired) electrons. The quantitative estimate of drug-likeness (QED) is 0.793. The third-order valence-electron chi connectivity index (χ3n) is 1.81. The molecule has 0 spiro atoms. The molecule has 0 amide bonds. The van der Waals surface area contributed by atoms with Crippen LogP contribution in [0.15, 0.2) is 34.0 Å². The molecule has 76 valence electrons. The van der Waals surface area contributed by atoms with Crippen molar-refractivity contribution in [1.29, 1.82) is 0 Å². The van der Waals surface area contributed by atoms with Gasteiger partial charge in [-0.2, -0.15) is 0 Å². The highest BCUT2D eigenvalue weighted by molar-refractivity contribution is 7.94. The Kier molecular flexibility index (Phi) is 3.18. The molecular formula is C9H10ClNO2S. The standard InChI is InChI=1S/C9H10ClNO2S/c1-7-2-3-8(6-9(7)11)14(12,13)5-4-10/h2-6H,11H2,1H3/b5-4+. The smallest absolute Gasteiger partial charge is 0.200 e. The van der Waals surface area contributed by atoms with Crippen LogP contribution < -0.4 is 5.73 Å². The highest BCUT2D eigenvalue weighted by Gasteiger charge is 2.10. The molecule has 0 unspecified atom stereocenters. The highest BCUT2D eigenvalue weighted by Crippen LogP contribution is 2.18. The molecule has 0 saturated carbocycles. The monoisotopic (exact) mass is 231 g/mol. The SMILES string of the molecule is Cc1ccc(S(=O)(=O)/C=C/Cl)cc1N. The van der Waals surface area contributed by atoms with Crippen molar-refractivity contribution in [3.05, 3.63) is 34.7 Å². The molecule has 0 aliphatic rings. The van der Waals surface area contributed by atoms with Crippen LogP contribution in [0.5, 0.6) is 0 Å². The lowest BCUT2D eigenvalue weighted by Crippen LogP contribution is -1.98. The highest BCUT2D eigenvalue weighted by atomic mass is 35.5. The lowest BCUT2D eigenvalue weighted by molar-refractivity contribution is 0.604. The molecule has 0 aliphatic heterocycles. The molecule has 0 heterocycles. The predicted molar refractivity (Wildman–Crippen MR) is 57.8 cm³/mol. The van der Waals surface area contributed by atoms with Crippen molar-refractivity contribution in [3.8, 4) is 0 Å². The number of hydrogen-bond donors (Lipinski definition) is 1. The van der Waals surface area contributed by atoms with Crippen LogP contribution in [0.2, 0.25) is 0 Å². The van der Waals surface area contributed by atoms with E-state index < -0.39 is 9.84 Å². The van der Waals surface area contributed by atoms with Gasteiger partial charge in [0.1, 0.15) is 0 Å². The molecule has 14 heavy (non-hydrogen) atoms. The Bertz CT molecular complexity index is 466. The van der Waals surface area contributed by atoms with E-state index in [-0.39, 0.29) is 4.90 Å². The normalized spacial score (nSPS) is 12.1. The fourth-order valence-electron chi connectivity index (χ4n) is 0.942. The van der Waals surface area contributed by atoms with Crippen LogP contribution in [0, 0.1) is 6.92 Å².